The van der Waals surface area contributed by atoms with E-state index in [9.17, 15) is 4.39 Å². The SMILES string of the molecule is CCc1c(Cl)nc(-c2ccc(F)cc2Cl)nc1Cl. The lowest BCUT2D eigenvalue weighted by Crippen LogP contribution is -1.97. The summed E-state index contributed by atoms with van der Waals surface area (Å²) in [6, 6.07) is 3.96. The van der Waals surface area contributed by atoms with Crippen molar-refractivity contribution in [2.45, 2.75) is 13.3 Å². The van der Waals surface area contributed by atoms with Gasteiger partial charge in [0.05, 0.1) is 5.02 Å². The van der Waals surface area contributed by atoms with Gasteiger partial charge in [0.25, 0.3) is 0 Å². The molecule has 0 radical (unpaired) electrons. The highest BCUT2D eigenvalue weighted by Crippen LogP contribution is 2.30. The Kier molecular flexibility index (Phi) is 4.05. The molecule has 94 valence electrons. The maximum Gasteiger partial charge on any atom is 0.164 e. The third-order valence-corrected chi connectivity index (χ3v) is 3.37. The number of aromatic nitrogens is 2. The van der Waals surface area contributed by atoms with Crippen molar-refractivity contribution in [2.24, 2.45) is 0 Å². The van der Waals surface area contributed by atoms with E-state index >= 15 is 0 Å². The standard InChI is InChI=1S/C12H8Cl3FN2/c1-2-7-10(14)17-12(18-11(7)15)8-4-3-6(16)5-9(8)13/h3-5H,2H2,1H3. The molecule has 0 fully saturated rings. The van der Waals surface area contributed by atoms with Crippen molar-refractivity contribution >= 4 is 34.8 Å². The smallest absolute Gasteiger partial charge is 0.164 e. The summed E-state index contributed by atoms with van der Waals surface area (Å²) in [5.41, 5.74) is 1.17. The lowest BCUT2D eigenvalue weighted by molar-refractivity contribution is 0.628. The highest BCUT2D eigenvalue weighted by atomic mass is 35.5. The summed E-state index contributed by atoms with van der Waals surface area (Å²) in [4.78, 5) is 8.26. The minimum absolute atomic E-state index is 0.214. The van der Waals surface area contributed by atoms with Crippen LogP contribution in [0, 0.1) is 5.82 Å². The summed E-state index contributed by atoms with van der Waals surface area (Å²) >= 11 is 18.0. The van der Waals surface area contributed by atoms with Crippen molar-refractivity contribution in [1.29, 1.82) is 0 Å². The molecule has 0 amide bonds. The third kappa shape index (κ3) is 2.58. The van der Waals surface area contributed by atoms with Crippen LogP contribution in [-0.2, 0) is 6.42 Å². The van der Waals surface area contributed by atoms with Crippen LogP contribution in [-0.4, -0.2) is 9.97 Å². The Labute approximate surface area is 119 Å². The molecule has 0 aliphatic heterocycles. The summed E-state index contributed by atoms with van der Waals surface area (Å²) in [5, 5.41) is 0.784. The van der Waals surface area contributed by atoms with Gasteiger partial charge in [-0.3, -0.25) is 0 Å². The fourth-order valence-corrected chi connectivity index (χ4v) is 2.42. The lowest BCUT2D eigenvalue weighted by atomic mass is 10.2. The van der Waals surface area contributed by atoms with E-state index in [-0.39, 0.29) is 21.2 Å². The van der Waals surface area contributed by atoms with Gasteiger partial charge in [-0.15, -0.1) is 0 Å². The second-order valence-electron chi connectivity index (χ2n) is 3.59. The van der Waals surface area contributed by atoms with E-state index in [1.165, 1.54) is 18.2 Å². The van der Waals surface area contributed by atoms with E-state index in [2.05, 4.69) is 9.97 Å². The Morgan fingerprint density at radius 1 is 1.11 bits per heavy atom. The molecule has 0 unspecified atom stereocenters. The van der Waals surface area contributed by atoms with Gasteiger partial charge in [0.1, 0.15) is 16.1 Å². The van der Waals surface area contributed by atoms with E-state index in [1.807, 2.05) is 6.92 Å². The van der Waals surface area contributed by atoms with Crippen LogP contribution in [0.15, 0.2) is 18.2 Å². The highest BCUT2D eigenvalue weighted by molar-refractivity contribution is 6.35. The Morgan fingerprint density at radius 3 is 2.22 bits per heavy atom. The summed E-state index contributed by atoms with van der Waals surface area (Å²) < 4.78 is 13.0. The fourth-order valence-electron chi connectivity index (χ4n) is 1.51. The van der Waals surface area contributed by atoms with Gasteiger partial charge in [0.15, 0.2) is 5.82 Å². The molecule has 0 spiro atoms. The van der Waals surface area contributed by atoms with Crippen LogP contribution < -0.4 is 0 Å². The molecule has 18 heavy (non-hydrogen) atoms. The minimum atomic E-state index is -0.425. The summed E-state index contributed by atoms with van der Waals surface area (Å²) in [5.74, 6) is -0.140. The molecular formula is C12H8Cl3FN2. The Hall–Kier alpha value is -0.900. The molecule has 6 heteroatoms. The quantitative estimate of drug-likeness (QED) is 0.744. The van der Waals surface area contributed by atoms with Gasteiger partial charge in [-0.25, -0.2) is 14.4 Å². The number of nitrogens with zero attached hydrogens (tertiary/aromatic N) is 2. The molecule has 0 aliphatic carbocycles. The molecule has 1 heterocycles. The second kappa shape index (κ2) is 5.39. The molecule has 0 saturated heterocycles. The van der Waals surface area contributed by atoms with Crippen LogP contribution in [0.4, 0.5) is 4.39 Å². The summed E-state index contributed by atoms with van der Waals surface area (Å²) in [6.45, 7) is 1.90. The first-order valence-electron chi connectivity index (χ1n) is 5.20. The molecule has 2 aromatic rings. The third-order valence-electron chi connectivity index (χ3n) is 2.43. The molecule has 0 bridgehead atoms. The van der Waals surface area contributed by atoms with Gasteiger partial charge < -0.3 is 0 Å². The minimum Gasteiger partial charge on any atom is -0.216 e. The largest absolute Gasteiger partial charge is 0.216 e. The van der Waals surface area contributed by atoms with Crippen LogP contribution in [0.2, 0.25) is 15.3 Å². The number of benzene rings is 1. The van der Waals surface area contributed by atoms with Crippen molar-refractivity contribution < 1.29 is 4.39 Å². The van der Waals surface area contributed by atoms with Gasteiger partial charge >= 0.3 is 0 Å². The molecule has 0 atom stereocenters. The predicted octanol–water partition coefficient (Wildman–Crippen LogP) is 4.81. The maximum absolute atomic E-state index is 13.0. The molecule has 2 nitrogen and oxygen atoms in total. The monoisotopic (exact) mass is 304 g/mol. The zero-order chi connectivity index (χ0) is 13.3. The lowest BCUT2D eigenvalue weighted by Gasteiger charge is -2.07. The summed E-state index contributed by atoms with van der Waals surface area (Å²) in [7, 11) is 0. The van der Waals surface area contributed by atoms with Crippen molar-refractivity contribution in [3.63, 3.8) is 0 Å². The molecule has 1 aromatic heterocycles. The topological polar surface area (TPSA) is 25.8 Å². The first-order chi connectivity index (χ1) is 8.52. The maximum atomic E-state index is 13.0. The van der Waals surface area contributed by atoms with Crippen molar-refractivity contribution in [1.82, 2.24) is 9.97 Å². The van der Waals surface area contributed by atoms with Gasteiger partial charge in [0.2, 0.25) is 0 Å². The number of rotatable bonds is 2. The number of hydrogen-bond donors (Lipinski definition) is 0. The van der Waals surface area contributed by atoms with E-state index in [0.29, 0.717) is 17.5 Å². The van der Waals surface area contributed by atoms with Crippen molar-refractivity contribution in [2.75, 3.05) is 0 Å². The van der Waals surface area contributed by atoms with Crippen LogP contribution in [0.3, 0.4) is 0 Å². The molecule has 2 rings (SSSR count). The first kappa shape index (κ1) is 13.5. The van der Waals surface area contributed by atoms with Crippen LogP contribution in [0.25, 0.3) is 11.4 Å². The van der Waals surface area contributed by atoms with Crippen LogP contribution >= 0.6 is 34.8 Å². The zero-order valence-electron chi connectivity index (χ0n) is 9.35. The van der Waals surface area contributed by atoms with E-state index in [1.54, 1.807) is 0 Å². The van der Waals surface area contributed by atoms with Crippen molar-refractivity contribution in [3.8, 4) is 11.4 Å². The highest BCUT2D eigenvalue weighted by Gasteiger charge is 2.13. The molecule has 0 N–H and O–H groups in total. The average Bonchev–Trinajstić information content (AvgIpc) is 2.28. The van der Waals surface area contributed by atoms with Crippen LogP contribution in [0.5, 0.6) is 0 Å². The van der Waals surface area contributed by atoms with Gasteiger partial charge in [-0.1, -0.05) is 41.7 Å². The molecule has 1 aromatic carbocycles. The Balaban J connectivity index is 2.58. The summed E-state index contributed by atoms with van der Waals surface area (Å²) in [6.07, 6.45) is 0.634. The number of hydrogen-bond acceptors (Lipinski definition) is 2. The normalized spacial score (nSPS) is 10.7. The molecular weight excluding hydrogens is 298 g/mol. The van der Waals surface area contributed by atoms with Gasteiger partial charge in [0, 0.05) is 11.1 Å². The Bertz CT molecular complexity index is 579. The Morgan fingerprint density at radius 2 is 1.72 bits per heavy atom. The first-order valence-corrected chi connectivity index (χ1v) is 6.33. The van der Waals surface area contributed by atoms with E-state index in [4.69, 9.17) is 34.8 Å². The average molecular weight is 306 g/mol. The molecule has 0 aliphatic rings. The zero-order valence-corrected chi connectivity index (χ0v) is 11.6. The van der Waals surface area contributed by atoms with Gasteiger partial charge in [-0.2, -0.15) is 0 Å². The van der Waals surface area contributed by atoms with Crippen molar-refractivity contribution in [3.05, 3.63) is 44.9 Å². The van der Waals surface area contributed by atoms with E-state index in [0.717, 1.165) is 0 Å². The second-order valence-corrected chi connectivity index (χ2v) is 4.71. The predicted molar refractivity (Wildman–Crippen MR) is 71.8 cm³/mol. The fraction of sp³-hybridized carbons (Fsp3) is 0.167. The van der Waals surface area contributed by atoms with Gasteiger partial charge in [-0.05, 0) is 24.6 Å². The van der Waals surface area contributed by atoms with E-state index < -0.39 is 5.82 Å². The number of halogens is 4. The van der Waals surface area contributed by atoms with Crippen LogP contribution in [0.1, 0.15) is 12.5 Å². The molecule has 0 saturated carbocycles.